The number of rotatable bonds is 2. The van der Waals surface area contributed by atoms with Crippen LogP contribution in [-0.2, 0) is 10.2 Å². The number of methoxy groups -OCH3 is 1. The minimum absolute atomic E-state index is 0.212. The molecule has 1 aliphatic heterocycles. The van der Waals surface area contributed by atoms with E-state index in [1.165, 1.54) is 13.5 Å². The summed E-state index contributed by atoms with van der Waals surface area (Å²) in [5.41, 5.74) is 4.71. The third-order valence-corrected chi connectivity index (χ3v) is 7.17. The maximum atomic E-state index is 12.8. The lowest BCUT2D eigenvalue weighted by Gasteiger charge is -2.36. The van der Waals surface area contributed by atoms with E-state index in [-0.39, 0.29) is 28.5 Å². The van der Waals surface area contributed by atoms with Gasteiger partial charge in [-0.2, -0.15) is 0 Å². The molecular formula is C27H25NO4. The summed E-state index contributed by atoms with van der Waals surface area (Å²) in [5, 5.41) is 0. The van der Waals surface area contributed by atoms with Crippen LogP contribution in [0.25, 0.3) is 0 Å². The molecule has 32 heavy (non-hydrogen) atoms. The van der Waals surface area contributed by atoms with E-state index < -0.39 is 0 Å². The van der Waals surface area contributed by atoms with Crippen LogP contribution in [0.4, 0.5) is 5.69 Å². The van der Waals surface area contributed by atoms with E-state index in [0.717, 1.165) is 42.6 Å². The highest BCUT2D eigenvalue weighted by Crippen LogP contribution is 2.55. The molecule has 0 saturated heterocycles. The summed E-state index contributed by atoms with van der Waals surface area (Å²) in [6, 6.07) is 12.7. The summed E-state index contributed by atoms with van der Waals surface area (Å²) in [7, 11) is 3.40. The molecule has 0 aromatic heterocycles. The maximum Gasteiger partial charge on any atom is 0.337 e. The Balaban J connectivity index is 1.61. The van der Waals surface area contributed by atoms with Crippen molar-refractivity contribution in [2.45, 2.75) is 37.5 Å². The second kappa shape index (κ2) is 7.59. The Morgan fingerprint density at radius 3 is 2.25 bits per heavy atom. The monoisotopic (exact) mass is 427 g/mol. The molecule has 3 aliphatic rings. The highest BCUT2D eigenvalue weighted by atomic mass is 16.5. The quantitative estimate of drug-likeness (QED) is 0.383. The van der Waals surface area contributed by atoms with Crippen LogP contribution in [0.2, 0.25) is 0 Å². The molecule has 1 fully saturated rings. The molecule has 0 radical (unpaired) electrons. The van der Waals surface area contributed by atoms with E-state index in [1.807, 2.05) is 25.3 Å². The van der Waals surface area contributed by atoms with Gasteiger partial charge in [-0.1, -0.05) is 43.5 Å². The predicted molar refractivity (Wildman–Crippen MR) is 122 cm³/mol. The Kier molecular flexibility index (Phi) is 4.85. The van der Waals surface area contributed by atoms with Gasteiger partial charge in [-0.3, -0.25) is 9.59 Å². The number of hydrogen-bond donors (Lipinski definition) is 0. The molecule has 5 rings (SSSR count). The number of ether oxygens (including phenoxy) is 1. The summed E-state index contributed by atoms with van der Waals surface area (Å²) in [6.07, 6.45) is 8.93. The van der Waals surface area contributed by atoms with Crippen molar-refractivity contribution in [1.82, 2.24) is 0 Å². The number of carbonyl (C=O) groups is 3. The van der Waals surface area contributed by atoms with Crippen molar-refractivity contribution in [3.8, 4) is 0 Å². The number of anilines is 1. The molecule has 2 aliphatic carbocycles. The second-order valence-electron chi connectivity index (χ2n) is 8.76. The molecule has 0 atom stereocenters. The van der Waals surface area contributed by atoms with Crippen molar-refractivity contribution >= 4 is 23.2 Å². The Bertz CT molecular complexity index is 1180. The molecule has 162 valence electrons. The van der Waals surface area contributed by atoms with Crippen LogP contribution in [0.15, 0.2) is 65.9 Å². The van der Waals surface area contributed by atoms with E-state index in [4.69, 9.17) is 4.74 Å². The van der Waals surface area contributed by atoms with Gasteiger partial charge in [0.1, 0.15) is 0 Å². The van der Waals surface area contributed by atoms with Gasteiger partial charge in [0.05, 0.1) is 18.2 Å². The molecule has 5 heteroatoms. The van der Waals surface area contributed by atoms with E-state index in [1.54, 1.807) is 36.4 Å². The number of hydrogen-bond acceptors (Lipinski definition) is 5. The number of allylic oxidation sites excluding steroid dienone is 4. The van der Waals surface area contributed by atoms with E-state index >= 15 is 0 Å². The fourth-order valence-electron chi connectivity index (χ4n) is 5.58. The zero-order valence-corrected chi connectivity index (χ0v) is 18.3. The Hall–Kier alpha value is -3.47. The van der Waals surface area contributed by atoms with Gasteiger partial charge in [0, 0.05) is 35.0 Å². The first-order valence-corrected chi connectivity index (χ1v) is 11.1. The predicted octanol–water partition coefficient (Wildman–Crippen LogP) is 5.01. The van der Waals surface area contributed by atoms with Gasteiger partial charge < -0.3 is 9.64 Å². The summed E-state index contributed by atoms with van der Waals surface area (Å²) >= 11 is 0. The van der Waals surface area contributed by atoms with Crippen molar-refractivity contribution in [1.29, 1.82) is 0 Å². The zero-order valence-electron chi connectivity index (χ0n) is 18.3. The lowest BCUT2D eigenvalue weighted by molar-refractivity contribution is 0.0600. The molecule has 1 heterocycles. The number of carbonyl (C=O) groups excluding carboxylic acids is 3. The topological polar surface area (TPSA) is 63.7 Å². The van der Waals surface area contributed by atoms with Crippen LogP contribution in [0, 0.1) is 0 Å². The Morgan fingerprint density at radius 2 is 1.62 bits per heavy atom. The lowest BCUT2D eigenvalue weighted by Crippen LogP contribution is -2.32. The number of benzene rings is 2. The molecule has 0 unspecified atom stereocenters. The average molecular weight is 428 g/mol. The molecule has 2 aromatic rings. The van der Waals surface area contributed by atoms with Crippen molar-refractivity contribution in [3.05, 3.63) is 88.1 Å². The first kappa shape index (κ1) is 20.4. The minimum Gasteiger partial charge on any atom is -0.465 e. The first-order valence-electron chi connectivity index (χ1n) is 11.1. The van der Waals surface area contributed by atoms with Gasteiger partial charge in [0.15, 0.2) is 11.6 Å². The third kappa shape index (κ3) is 2.88. The summed E-state index contributed by atoms with van der Waals surface area (Å²) < 4.78 is 4.94. The van der Waals surface area contributed by atoms with Crippen molar-refractivity contribution in [2.24, 2.45) is 0 Å². The van der Waals surface area contributed by atoms with Crippen molar-refractivity contribution in [3.63, 3.8) is 0 Å². The van der Waals surface area contributed by atoms with Crippen molar-refractivity contribution in [2.75, 3.05) is 19.1 Å². The zero-order chi connectivity index (χ0) is 22.5. The second-order valence-corrected chi connectivity index (χ2v) is 8.76. The maximum absolute atomic E-state index is 12.8. The van der Waals surface area contributed by atoms with E-state index in [2.05, 4.69) is 4.90 Å². The fraction of sp³-hybridized carbons (Fsp3) is 0.296. The first-order chi connectivity index (χ1) is 15.5. The molecule has 1 saturated carbocycles. The van der Waals surface area contributed by atoms with Crippen LogP contribution in [0.3, 0.4) is 0 Å². The number of ketones is 2. The molecule has 2 aromatic carbocycles. The molecule has 5 nitrogen and oxygen atoms in total. The Morgan fingerprint density at radius 1 is 0.969 bits per heavy atom. The number of likely N-dealkylation sites (N-methyl/N-ethyl adjacent to an activating group) is 1. The molecule has 0 bridgehead atoms. The SMILES string of the molecule is COC(=O)c1ccc2c(c1)C1(CCCCC1)/C(=C\C=C1C(=O)c3ccccc3C1=O)N2C. The Labute approximate surface area is 187 Å². The minimum atomic E-state index is -0.346. The van der Waals surface area contributed by atoms with Gasteiger partial charge in [0.2, 0.25) is 0 Å². The smallest absolute Gasteiger partial charge is 0.337 e. The lowest BCUT2D eigenvalue weighted by atomic mass is 9.68. The standard InChI is InChI=1S/C27H25NO4/c1-28-22-12-10-17(26(31)32-2)16-21(22)27(14-6-3-7-15-27)23(28)13-11-20-24(29)18-8-4-5-9-19(18)25(20)30/h4-5,8-13,16H,3,6-7,14-15H2,1-2H3/b23-13+. The summed E-state index contributed by atoms with van der Waals surface area (Å²) in [4.78, 5) is 40.0. The highest BCUT2D eigenvalue weighted by Gasteiger charge is 2.46. The number of nitrogens with zero attached hydrogens (tertiary/aromatic N) is 1. The van der Waals surface area contributed by atoms with Gasteiger partial charge in [-0.05, 0) is 48.8 Å². The average Bonchev–Trinajstić information content (AvgIpc) is 3.20. The molecule has 0 amide bonds. The largest absolute Gasteiger partial charge is 0.465 e. The summed E-state index contributed by atoms with van der Waals surface area (Å²) in [5.74, 6) is -0.779. The number of Topliss-reactive ketones (excluding diaryl/α,β-unsaturated/α-hetero) is 2. The fourth-order valence-corrected chi connectivity index (χ4v) is 5.58. The van der Waals surface area contributed by atoms with Gasteiger partial charge in [0.25, 0.3) is 0 Å². The van der Waals surface area contributed by atoms with Crippen LogP contribution in [-0.4, -0.2) is 31.7 Å². The molecule has 0 N–H and O–H groups in total. The van der Waals surface area contributed by atoms with Gasteiger partial charge >= 0.3 is 5.97 Å². The molecular weight excluding hydrogens is 402 g/mol. The number of esters is 1. The highest BCUT2D eigenvalue weighted by molar-refractivity contribution is 6.39. The third-order valence-electron chi connectivity index (χ3n) is 7.17. The van der Waals surface area contributed by atoms with Crippen LogP contribution >= 0.6 is 0 Å². The number of fused-ring (bicyclic) bond motifs is 3. The molecule has 1 spiro atoms. The van der Waals surface area contributed by atoms with Crippen LogP contribution < -0.4 is 4.90 Å². The summed E-state index contributed by atoms with van der Waals surface area (Å²) in [6.45, 7) is 0. The van der Waals surface area contributed by atoms with E-state index in [9.17, 15) is 14.4 Å². The normalized spacial score (nSPS) is 20.0. The van der Waals surface area contributed by atoms with Gasteiger partial charge in [-0.25, -0.2) is 4.79 Å². The van der Waals surface area contributed by atoms with Gasteiger partial charge in [-0.15, -0.1) is 0 Å². The van der Waals surface area contributed by atoms with Crippen LogP contribution in [0.5, 0.6) is 0 Å². The van der Waals surface area contributed by atoms with Crippen molar-refractivity contribution < 1.29 is 19.1 Å². The van der Waals surface area contributed by atoms with Crippen LogP contribution in [0.1, 0.15) is 68.7 Å². The van der Waals surface area contributed by atoms with E-state index in [0.29, 0.717) is 16.7 Å².